The first-order valence-electron chi connectivity index (χ1n) is 13.2. The Morgan fingerprint density at radius 2 is 2.00 bits per heavy atom. The molecule has 0 radical (unpaired) electrons. The van der Waals surface area contributed by atoms with Crippen LogP contribution in [0, 0.1) is 23.2 Å². The normalized spacial score (nSPS) is 25.3. The average Bonchev–Trinajstić information content (AvgIpc) is 2.99. The highest BCUT2D eigenvalue weighted by Crippen LogP contribution is 2.41. The van der Waals surface area contributed by atoms with E-state index in [1.165, 1.54) is 12.3 Å². The molecule has 1 heterocycles. The van der Waals surface area contributed by atoms with Crippen LogP contribution >= 0.6 is 11.6 Å². The third-order valence-corrected chi connectivity index (χ3v) is 7.38. The van der Waals surface area contributed by atoms with Gasteiger partial charge in [0, 0.05) is 48.3 Å². The van der Waals surface area contributed by atoms with E-state index in [9.17, 15) is 26.7 Å². The molecule has 3 atom stereocenters. The molecule has 40 heavy (non-hydrogen) atoms. The Bertz CT molecular complexity index is 1180. The van der Waals surface area contributed by atoms with Gasteiger partial charge in [0.2, 0.25) is 5.92 Å². The van der Waals surface area contributed by atoms with E-state index in [1.54, 1.807) is 25.1 Å². The standard InChI is InChI=1S/C28H33ClF5N5O/c1-18-15-27(30,31)11-5-7-21(26(40)22-14-20(29)9-10-24(22)39-38-13-12-35)23(18)17-37-25-8-4-2-3-6-19(16-36-25)28(32,33)34/h6,8-10,12-14,16,18,21,23,35,37,39H,2-5,7,11,15,17H2,1H3/b19-6-,25-8?,35-12?,36-16?,38-13-/t18-,21?,23?/m1/s1. The fourth-order valence-corrected chi connectivity index (χ4v) is 5.31. The largest absolute Gasteiger partial charge is 0.417 e. The highest BCUT2D eigenvalue weighted by atomic mass is 35.5. The molecule has 0 aromatic heterocycles. The summed E-state index contributed by atoms with van der Waals surface area (Å²) >= 11 is 6.20. The van der Waals surface area contributed by atoms with E-state index in [1.807, 2.05) is 0 Å². The maximum Gasteiger partial charge on any atom is 0.417 e. The van der Waals surface area contributed by atoms with E-state index in [4.69, 9.17) is 17.0 Å². The number of hydrazone groups is 1. The smallest absolute Gasteiger partial charge is 0.370 e. The summed E-state index contributed by atoms with van der Waals surface area (Å²) in [7, 11) is 0. The Labute approximate surface area is 235 Å². The summed E-state index contributed by atoms with van der Waals surface area (Å²) in [6.45, 7) is 1.74. The van der Waals surface area contributed by atoms with Crippen molar-refractivity contribution < 1.29 is 26.7 Å². The summed E-state index contributed by atoms with van der Waals surface area (Å²) in [5.74, 6) is -4.82. The Kier molecular flexibility index (Phi) is 11.0. The predicted octanol–water partition coefficient (Wildman–Crippen LogP) is 7.82. The average molecular weight is 586 g/mol. The van der Waals surface area contributed by atoms with Crippen molar-refractivity contribution in [2.75, 3.05) is 12.0 Å². The molecule has 3 rings (SSSR count). The summed E-state index contributed by atoms with van der Waals surface area (Å²) < 4.78 is 69.1. The van der Waals surface area contributed by atoms with Crippen LogP contribution in [0.1, 0.15) is 62.2 Å². The number of alkyl halides is 5. The molecule has 1 fully saturated rings. The number of Topliss-reactive ketones (excluding diaryl/α,β-unsaturated/α-hetero) is 1. The number of allylic oxidation sites excluding steroid dienone is 3. The number of anilines is 1. The molecule has 3 N–H and O–H groups in total. The topological polar surface area (TPSA) is 89.7 Å². The number of halogens is 6. The number of carbonyl (C=O) groups excluding carboxylic acids is 1. The second kappa shape index (κ2) is 14.0. The first kappa shape index (κ1) is 31.4. The zero-order valence-electron chi connectivity index (χ0n) is 22.1. The van der Waals surface area contributed by atoms with E-state index in [2.05, 4.69) is 20.8 Å². The molecule has 1 aromatic rings. The number of ketones is 1. The van der Waals surface area contributed by atoms with E-state index < -0.39 is 41.8 Å². The lowest BCUT2D eigenvalue weighted by Crippen LogP contribution is -2.40. The van der Waals surface area contributed by atoms with Crippen molar-refractivity contribution in [2.45, 2.75) is 64.0 Å². The van der Waals surface area contributed by atoms with Crippen LogP contribution in [0.2, 0.25) is 5.02 Å². The molecule has 6 nitrogen and oxygen atoms in total. The highest BCUT2D eigenvalue weighted by Gasteiger charge is 2.41. The van der Waals surface area contributed by atoms with Crippen LogP contribution < -0.4 is 10.7 Å². The monoisotopic (exact) mass is 585 g/mol. The molecule has 0 amide bonds. The van der Waals surface area contributed by atoms with Crippen molar-refractivity contribution >= 4 is 41.7 Å². The molecule has 1 saturated carbocycles. The van der Waals surface area contributed by atoms with Crippen molar-refractivity contribution in [3.05, 3.63) is 52.3 Å². The molecule has 1 aliphatic carbocycles. The van der Waals surface area contributed by atoms with Gasteiger partial charge in [-0.3, -0.25) is 10.2 Å². The Morgan fingerprint density at radius 3 is 2.73 bits per heavy atom. The van der Waals surface area contributed by atoms with Crippen LogP contribution in [0.3, 0.4) is 0 Å². The number of nitrogens with zero attached hydrogens (tertiary/aromatic N) is 2. The number of carbonyl (C=O) groups is 1. The number of benzene rings is 1. The number of nitrogens with one attached hydrogen (secondary N) is 3. The van der Waals surface area contributed by atoms with Gasteiger partial charge in [-0.05, 0) is 68.2 Å². The van der Waals surface area contributed by atoms with Gasteiger partial charge in [-0.2, -0.15) is 18.3 Å². The van der Waals surface area contributed by atoms with Crippen LogP contribution in [0.5, 0.6) is 0 Å². The van der Waals surface area contributed by atoms with E-state index in [-0.39, 0.29) is 49.4 Å². The zero-order valence-corrected chi connectivity index (χ0v) is 22.8. The van der Waals surface area contributed by atoms with Crippen LogP contribution in [0.4, 0.5) is 27.6 Å². The first-order valence-corrected chi connectivity index (χ1v) is 13.5. The number of hydrogen-bond donors (Lipinski definition) is 3. The zero-order chi connectivity index (χ0) is 29.3. The van der Waals surface area contributed by atoms with Gasteiger partial charge in [-0.1, -0.05) is 24.6 Å². The highest BCUT2D eigenvalue weighted by molar-refractivity contribution is 6.31. The van der Waals surface area contributed by atoms with Crippen LogP contribution in [-0.4, -0.2) is 43.1 Å². The Hall–Kier alpha value is -3.08. The second-order valence-electron chi connectivity index (χ2n) is 10.1. The SMILES string of the molecule is C[C@@H]1CC(F)(F)CCCC(C(=O)c2cc(Cl)ccc2N/N=C\C=N)C1CNC1=CCCC/C=C(\C(F)(F)F)C=N1. The van der Waals surface area contributed by atoms with E-state index in [0.717, 1.165) is 18.5 Å². The maximum absolute atomic E-state index is 14.6. The Balaban J connectivity index is 1.91. The molecule has 218 valence electrons. The molecule has 1 aromatic carbocycles. The minimum Gasteiger partial charge on any atom is -0.370 e. The van der Waals surface area contributed by atoms with E-state index >= 15 is 0 Å². The van der Waals surface area contributed by atoms with Crippen molar-refractivity contribution in [3.8, 4) is 0 Å². The minimum atomic E-state index is -4.54. The predicted molar refractivity (Wildman–Crippen MR) is 149 cm³/mol. The van der Waals surface area contributed by atoms with Gasteiger partial charge in [0.25, 0.3) is 0 Å². The molecular weight excluding hydrogens is 553 g/mol. The fraction of sp³-hybridized carbons (Fsp3) is 0.500. The third kappa shape index (κ3) is 8.97. The molecule has 2 unspecified atom stereocenters. The molecule has 2 aliphatic rings. The molecule has 1 aliphatic heterocycles. The van der Waals surface area contributed by atoms with Gasteiger partial charge in [-0.25, -0.2) is 13.8 Å². The summed E-state index contributed by atoms with van der Waals surface area (Å²) in [4.78, 5) is 18.0. The molecule has 0 spiro atoms. The van der Waals surface area contributed by atoms with Crippen LogP contribution in [-0.2, 0) is 0 Å². The van der Waals surface area contributed by atoms with E-state index in [0.29, 0.717) is 23.6 Å². The van der Waals surface area contributed by atoms with Gasteiger partial charge >= 0.3 is 6.18 Å². The van der Waals surface area contributed by atoms with Crippen LogP contribution in [0.15, 0.2) is 51.8 Å². The third-order valence-electron chi connectivity index (χ3n) is 7.14. The summed E-state index contributed by atoms with van der Waals surface area (Å²) in [5.41, 5.74) is 2.47. The molecule has 0 saturated heterocycles. The van der Waals surface area contributed by atoms with Crippen molar-refractivity contribution in [3.63, 3.8) is 0 Å². The lowest BCUT2D eigenvalue weighted by molar-refractivity contribution is -0.0858. The minimum absolute atomic E-state index is 0.0666. The molecule has 0 bridgehead atoms. The van der Waals surface area contributed by atoms with Crippen molar-refractivity contribution in [1.82, 2.24) is 5.32 Å². The molecule has 12 heteroatoms. The fourth-order valence-electron chi connectivity index (χ4n) is 5.13. The van der Waals surface area contributed by atoms with Crippen molar-refractivity contribution in [2.24, 2.45) is 27.8 Å². The number of rotatable bonds is 8. The second-order valence-corrected chi connectivity index (χ2v) is 10.6. The van der Waals surface area contributed by atoms with Gasteiger partial charge in [0.15, 0.2) is 5.78 Å². The first-order chi connectivity index (χ1) is 18.9. The van der Waals surface area contributed by atoms with Gasteiger partial charge in [-0.15, -0.1) is 0 Å². The quantitative estimate of drug-likeness (QED) is 0.126. The lowest BCUT2D eigenvalue weighted by atomic mass is 9.71. The maximum atomic E-state index is 14.6. The van der Waals surface area contributed by atoms with Gasteiger partial charge < -0.3 is 10.7 Å². The lowest BCUT2D eigenvalue weighted by Gasteiger charge is -2.36. The van der Waals surface area contributed by atoms with Crippen LogP contribution in [0.25, 0.3) is 0 Å². The van der Waals surface area contributed by atoms with Gasteiger partial charge in [0.05, 0.1) is 17.5 Å². The van der Waals surface area contributed by atoms with Crippen molar-refractivity contribution in [1.29, 1.82) is 5.41 Å². The summed E-state index contributed by atoms with van der Waals surface area (Å²) in [6, 6.07) is 4.64. The molecular formula is C28H33ClF5N5O. The summed E-state index contributed by atoms with van der Waals surface area (Å²) in [5, 5.41) is 14.3. The van der Waals surface area contributed by atoms with Gasteiger partial charge in [0.1, 0.15) is 5.82 Å². The number of aliphatic imine (C=N–C) groups is 1. The summed E-state index contributed by atoms with van der Waals surface area (Å²) in [6.07, 6.45) is 1.96. The Morgan fingerprint density at radius 1 is 1.25 bits per heavy atom. The number of hydrogen-bond acceptors (Lipinski definition) is 6.